The van der Waals surface area contributed by atoms with Crippen molar-refractivity contribution >= 4 is 5.78 Å². The van der Waals surface area contributed by atoms with Gasteiger partial charge in [0.1, 0.15) is 23.4 Å². The first-order chi connectivity index (χ1) is 6.77. The molecular formula is C10H10FNO2. The minimum Gasteiger partial charge on any atom is -0.371 e. The van der Waals surface area contributed by atoms with Crippen LogP contribution in [-0.4, -0.2) is 17.4 Å². The third-order valence-electron chi connectivity index (χ3n) is 2.20. The smallest absolute Gasteiger partial charge is 0.147 e. The van der Waals surface area contributed by atoms with E-state index in [9.17, 15) is 9.18 Å². The lowest BCUT2D eigenvalue weighted by Gasteiger charge is -2.21. The van der Waals surface area contributed by atoms with E-state index in [4.69, 9.17) is 4.74 Å². The van der Waals surface area contributed by atoms with Crippen LogP contribution in [-0.2, 0) is 9.53 Å². The number of pyridine rings is 1. The predicted octanol–water partition coefficient (Wildman–Crippen LogP) is 1.64. The van der Waals surface area contributed by atoms with Crippen LogP contribution in [0, 0.1) is 5.82 Å². The largest absolute Gasteiger partial charge is 0.371 e. The number of aromatic nitrogens is 1. The highest BCUT2D eigenvalue weighted by molar-refractivity contribution is 5.79. The first kappa shape index (κ1) is 9.27. The lowest BCUT2D eigenvalue weighted by molar-refractivity contribution is -0.129. The number of hydrogen-bond acceptors (Lipinski definition) is 3. The molecule has 0 amide bonds. The maximum atomic E-state index is 13.2. The number of ether oxygens (including phenoxy) is 1. The highest BCUT2D eigenvalue weighted by atomic mass is 19.1. The molecule has 1 fully saturated rings. The summed E-state index contributed by atoms with van der Waals surface area (Å²) in [7, 11) is 0. The van der Waals surface area contributed by atoms with E-state index in [0.29, 0.717) is 13.0 Å². The maximum Gasteiger partial charge on any atom is 0.147 e. The van der Waals surface area contributed by atoms with Crippen molar-refractivity contribution < 1.29 is 13.9 Å². The van der Waals surface area contributed by atoms with Gasteiger partial charge >= 0.3 is 0 Å². The Morgan fingerprint density at radius 1 is 1.57 bits per heavy atom. The molecule has 0 aliphatic carbocycles. The summed E-state index contributed by atoms with van der Waals surface area (Å²) in [4.78, 5) is 15.0. The Morgan fingerprint density at radius 2 is 2.43 bits per heavy atom. The van der Waals surface area contributed by atoms with Gasteiger partial charge in [0.05, 0.1) is 6.61 Å². The van der Waals surface area contributed by atoms with E-state index < -0.39 is 11.9 Å². The van der Waals surface area contributed by atoms with Crippen LogP contribution in [0.15, 0.2) is 18.3 Å². The fourth-order valence-corrected chi connectivity index (χ4v) is 1.49. The van der Waals surface area contributed by atoms with Crippen molar-refractivity contribution in [1.82, 2.24) is 4.98 Å². The zero-order chi connectivity index (χ0) is 9.97. The van der Waals surface area contributed by atoms with Crippen molar-refractivity contribution in [2.75, 3.05) is 6.61 Å². The van der Waals surface area contributed by atoms with Gasteiger partial charge in [-0.2, -0.15) is 0 Å². The van der Waals surface area contributed by atoms with Gasteiger partial charge in [0, 0.05) is 19.0 Å². The molecule has 0 radical (unpaired) electrons. The van der Waals surface area contributed by atoms with Gasteiger partial charge in [0.2, 0.25) is 0 Å². The molecule has 0 aromatic carbocycles. The molecule has 1 atom stereocenters. The minimum absolute atomic E-state index is 0.103. The molecule has 1 aromatic rings. The zero-order valence-electron chi connectivity index (χ0n) is 7.57. The van der Waals surface area contributed by atoms with E-state index in [1.54, 1.807) is 0 Å². The van der Waals surface area contributed by atoms with E-state index in [0.717, 1.165) is 0 Å². The molecule has 14 heavy (non-hydrogen) atoms. The maximum absolute atomic E-state index is 13.2. The summed E-state index contributed by atoms with van der Waals surface area (Å²) in [6, 6.07) is 2.84. The van der Waals surface area contributed by atoms with Gasteiger partial charge in [0.25, 0.3) is 0 Å². The number of rotatable bonds is 1. The summed E-state index contributed by atoms with van der Waals surface area (Å²) < 4.78 is 18.5. The van der Waals surface area contributed by atoms with Crippen molar-refractivity contribution in [1.29, 1.82) is 0 Å². The van der Waals surface area contributed by atoms with Crippen molar-refractivity contribution in [3.8, 4) is 0 Å². The Labute approximate surface area is 80.9 Å². The quantitative estimate of drug-likeness (QED) is 0.683. The van der Waals surface area contributed by atoms with Crippen LogP contribution >= 0.6 is 0 Å². The second-order valence-corrected chi connectivity index (χ2v) is 3.22. The van der Waals surface area contributed by atoms with Crippen molar-refractivity contribution in [3.05, 3.63) is 29.8 Å². The molecule has 1 unspecified atom stereocenters. The normalized spacial score (nSPS) is 22.4. The van der Waals surface area contributed by atoms with Crippen LogP contribution in [0.2, 0.25) is 0 Å². The monoisotopic (exact) mass is 195 g/mol. The van der Waals surface area contributed by atoms with E-state index >= 15 is 0 Å². The zero-order valence-corrected chi connectivity index (χ0v) is 7.57. The molecule has 0 spiro atoms. The fraction of sp³-hybridized carbons (Fsp3) is 0.400. The lowest BCUT2D eigenvalue weighted by atomic mass is 10.0. The molecular weight excluding hydrogens is 185 g/mol. The van der Waals surface area contributed by atoms with E-state index in [-0.39, 0.29) is 17.9 Å². The number of Topliss-reactive ketones (excluding diaryl/α,β-unsaturated/α-hetero) is 1. The number of carbonyl (C=O) groups excluding carboxylic acids is 1. The SMILES string of the molecule is O=C1CCOC(c2ncccc2F)C1. The molecule has 0 N–H and O–H groups in total. The Hall–Kier alpha value is -1.29. The topological polar surface area (TPSA) is 39.2 Å². The summed E-state index contributed by atoms with van der Waals surface area (Å²) in [5.41, 5.74) is 0.237. The second kappa shape index (κ2) is 3.84. The number of nitrogens with zero attached hydrogens (tertiary/aromatic N) is 1. The lowest BCUT2D eigenvalue weighted by Crippen LogP contribution is -2.21. The van der Waals surface area contributed by atoms with Crippen LogP contribution in [0.5, 0.6) is 0 Å². The van der Waals surface area contributed by atoms with Gasteiger partial charge < -0.3 is 4.74 Å². The number of ketones is 1. The first-order valence-corrected chi connectivity index (χ1v) is 4.51. The van der Waals surface area contributed by atoms with Crippen molar-refractivity contribution in [2.45, 2.75) is 18.9 Å². The third-order valence-corrected chi connectivity index (χ3v) is 2.20. The molecule has 1 aromatic heterocycles. The molecule has 0 bridgehead atoms. The van der Waals surface area contributed by atoms with E-state index in [1.165, 1.54) is 18.3 Å². The summed E-state index contributed by atoms with van der Waals surface area (Å²) in [5, 5.41) is 0. The average molecular weight is 195 g/mol. The highest BCUT2D eigenvalue weighted by Crippen LogP contribution is 2.25. The summed E-state index contributed by atoms with van der Waals surface area (Å²) in [5.74, 6) is -0.307. The molecule has 0 saturated carbocycles. The van der Waals surface area contributed by atoms with Gasteiger partial charge in [-0.05, 0) is 12.1 Å². The molecule has 1 saturated heterocycles. The van der Waals surface area contributed by atoms with E-state index in [2.05, 4.69) is 4.98 Å². The van der Waals surface area contributed by atoms with Gasteiger partial charge in [0.15, 0.2) is 0 Å². The Morgan fingerprint density at radius 3 is 3.14 bits per heavy atom. The van der Waals surface area contributed by atoms with E-state index in [1.807, 2.05) is 0 Å². The summed E-state index contributed by atoms with van der Waals surface area (Å²) >= 11 is 0. The number of carbonyl (C=O) groups is 1. The van der Waals surface area contributed by atoms with Crippen LogP contribution in [0.4, 0.5) is 4.39 Å². The van der Waals surface area contributed by atoms with Crippen LogP contribution in [0.25, 0.3) is 0 Å². The molecule has 2 heterocycles. The van der Waals surface area contributed by atoms with Gasteiger partial charge in [-0.3, -0.25) is 9.78 Å². The summed E-state index contributed by atoms with van der Waals surface area (Å²) in [6.07, 6.45) is 1.65. The van der Waals surface area contributed by atoms with Gasteiger partial charge in [-0.25, -0.2) is 4.39 Å². The predicted molar refractivity (Wildman–Crippen MR) is 47.1 cm³/mol. The van der Waals surface area contributed by atoms with Gasteiger partial charge in [-0.1, -0.05) is 0 Å². The van der Waals surface area contributed by atoms with Crippen LogP contribution in [0.1, 0.15) is 24.6 Å². The van der Waals surface area contributed by atoms with Gasteiger partial charge in [-0.15, -0.1) is 0 Å². The molecule has 1 aliphatic heterocycles. The molecule has 2 rings (SSSR count). The highest BCUT2D eigenvalue weighted by Gasteiger charge is 2.24. The Bertz CT molecular complexity index is 354. The minimum atomic E-state index is -0.502. The molecule has 4 heteroatoms. The van der Waals surface area contributed by atoms with Crippen LogP contribution in [0.3, 0.4) is 0 Å². The first-order valence-electron chi connectivity index (χ1n) is 4.51. The van der Waals surface area contributed by atoms with Crippen molar-refractivity contribution in [2.24, 2.45) is 0 Å². The Kier molecular flexibility index (Phi) is 2.54. The molecule has 1 aliphatic rings. The molecule has 74 valence electrons. The standard InChI is InChI=1S/C10H10FNO2/c11-8-2-1-4-12-10(8)9-6-7(13)3-5-14-9/h1-2,4,9H,3,5-6H2. The second-order valence-electron chi connectivity index (χ2n) is 3.22. The third kappa shape index (κ3) is 1.80. The average Bonchev–Trinajstić information content (AvgIpc) is 2.18. The van der Waals surface area contributed by atoms with Crippen molar-refractivity contribution in [3.63, 3.8) is 0 Å². The number of hydrogen-bond donors (Lipinski definition) is 0. The molecule has 3 nitrogen and oxygen atoms in total. The Balaban J connectivity index is 2.22. The fourth-order valence-electron chi connectivity index (χ4n) is 1.49. The summed E-state index contributed by atoms with van der Waals surface area (Å²) in [6.45, 7) is 0.361. The number of halogens is 1. The van der Waals surface area contributed by atoms with Crippen LogP contribution < -0.4 is 0 Å².